The van der Waals surface area contributed by atoms with E-state index in [9.17, 15) is 9.59 Å². The Hall–Kier alpha value is -1.59. The maximum Gasteiger partial charge on any atom is 0.236 e. The fraction of sp³-hybridized carbons (Fsp3) is 0.600. The van der Waals surface area contributed by atoms with Crippen LogP contribution in [0.25, 0.3) is 0 Å². The summed E-state index contributed by atoms with van der Waals surface area (Å²) in [5.74, 6) is 0.226. The lowest BCUT2D eigenvalue weighted by atomic mass is 9.57. The predicted octanol–water partition coefficient (Wildman–Crippen LogP) is 3.21. The molecule has 1 aliphatic carbocycles. The largest absolute Gasteiger partial charge is 0.340 e. The zero-order valence-electron chi connectivity index (χ0n) is 16.0. The lowest BCUT2D eigenvalue weighted by molar-refractivity contribution is -0.157. The van der Waals surface area contributed by atoms with Gasteiger partial charge >= 0.3 is 0 Å². The first-order chi connectivity index (χ1) is 12.1. The van der Waals surface area contributed by atoms with Gasteiger partial charge in [-0.2, -0.15) is 0 Å². The number of hydrogen-bond donors (Lipinski definition) is 2. The molecule has 2 fully saturated rings. The summed E-state index contributed by atoms with van der Waals surface area (Å²) in [5, 5.41) is 6.83. The van der Waals surface area contributed by atoms with Crippen molar-refractivity contribution in [2.45, 2.75) is 46.1 Å². The van der Waals surface area contributed by atoms with Crippen molar-refractivity contribution in [1.29, 1.82) is 0 Å². The van der Waals surface area contributed by atoms with Gasteiger partial charge in [0, 0.05) is 40.7 Å². The molecule has 5 nitrogen and oxygen atoms in total. The number of halogens is 1. The highest BCUT2D eigenvalue weighted by Crippen LogP contribution is 2.52. The summed E-state index contributed by atoms with van der Waals surface area (Å²) in [6.45, 7) is 10.0. The molecule has 3 rings (SSSR count). The van der Waals surface area contributed by atoms with E-state index in [2.05, 4.69) is 31.4 Å². The summed E-state index contributed by atoms with van der Waals surface area (Å²) in [4.78, 5) is 26.5. The number of likely N-dealkylation sites (tertiary alicyclic amines) is 1. The standard InChI is InChI=1S/C20H28ClN3O2/c1-13-5-15(21)7-16(6-13)23-18(26)14-8-20(9-14)11-24(12-20)17(25)10-22-19(2,3)4/h5-7,14,22H,8-12H2,1-4H3,(H,23,26). The molecule has 1 saturated heterocycles. The average molecular weight is 378 g/mol. The number of carbonyl (C=O) groups excluding carboxylic acids is 2. The highest BCUT2D eigenvalue weighted by molar-refractivity contribution is 6.31. The summed E-state index contributed by atoms with van der Waals surface area (Å²) in [6, 6.07) is 5.56. The minimum atomic E-state index is -0.0590. The number of amides is 2. The van der Waals surface area contributed by atoms with Crippen molar-refractivity contribution in [1.82, 2.24) is 10.2 Å². The van der Waals surface area contributed by atoms with Gasteiger partial charge in [0.15, 0.2) is 0 Å². The third kappa shape index (κ3) is 4.38. The van der Waals surface area contributed by atoms with Crippen LogP contribution in [-0.4, -0.2) is 41.9 Å². The number of carbonyl (C=O) groups is 2. The minimum absolute atomic E-state index is 0.0271. The zero-order valence-corrected chi connectivity index (χ0v) is 16.7. The van der Waals surface area contributed by atoms with Gasteiger partial charge in [0.2, 0.25) is 11.8 Å². The Morgan fingerprint density at radius 2 is 1.88 bits per heavy atom. The van der Waals surface area contributed by atoms with E-state index in [-0.39, 0.29) is 28.7 Å². The summed E-state index contributed by atoms with van der Waals surface area (Å²) >= 11 is 6.04. The first kappa shape index (κ1) is 19.2. The quantitative estimate of drug-likeness (QED) is 0.846. The Bertz CT molecular complexity index is 692. The molecule has 1 aromatic rings. The van der Waals surface area contributed by atoms with Crippen LogP contribution < -0.4 is 10.6 Å². The molecule has 1 aromatic carbocycles. The fourth-order valence-electron chi connectivity index (χ4n) is 3.87. The average Bonchev–Trinajstić information content (AvgIpc) is 2.40. The van der Waals surface area contributed by atoms with Gasteiger partial charge in [0.1, 0.15) is 0 Å². The van der Waals surface area contributed by atoms with Crippen LogP contribution in [0.3, 0.4) is 0 Å². The molecule has 142 valence electrons. The maximum atomic E-state index is 12.4. The number of rotatable bonds is 4. The Morgan fingerprint density at radius 1 is 1.23 bits per heavy atom. The third-order valence-electron chi connectivity index (χ3n) is 5.21. The maximum absolute atomic E-state index is 12.4. The molecular weight excluding hydrogens is 350 g/mol. The summed E-state index contributed by atoms with van der Waals surface area (Å²) < 4.78 is 0. The lowest BCUT2D eigenvalue weighted by Crippen LogP contribution is -2.66. The zero-order chi connectivity index (χ0) is 19.1. The molecule has 0 atom stereocenters. The van der Waals surface area contributed by atoms with Gasteiger partial charge in [0.25, 0.3) is 0 Å². The minimum Gasteiger partial charge on any atom is -0.340 e. The van der Waals surface area contributed by atoms with E-state index in [4.69, 9.17) is 11.6 Å². The van der Waals surface area contributed by atoms with E-state index in [1.165, 1.54) is 0 Å². The summed E-state index contributed by atoms with van der Waals surface area (Å²) in [7, 11) is 0. The second kappa shape index (κ2) is 6.86. The van der Waals surface area contributed by atoms with Crippen LogP contribution in [0.15, 0.2) is 18.2 Å². The van der Waals surface area contributed by atoms with Crippen LogP contribution in [0.2, 0.25) is 5.02 Å². The molecule has 1 spiro atoms. The van der Waals surface area contributed by atoms with Gasteiger partial charge < -0.3 is 15.5 Å². The number of anilines is 1. The van der Waals surface area contributed by atoms with E-state index in [1.54, 1.807) is 6.07 Å². The molecule has 2 N–H and O–H groups in total. The molecule has 1 heterocycles. The monoisotopic (exact) mass is 377 g/mol. The van der Waals surface area contributed by atoms with Crippen molar-refractivity contribution in [3.05, 3.63) is 28.8 Å². The number of hydrogen-bond acceptors (Lipinski definition) is 3. The third-order valence-corrected chi connectivity index (χ3v) is 5.43. The van der Waals surface area contributed by atoms with Gasteiger partial charge in [-0.15, -0.1) is 0 Å². The van der Waals surface area contributed by atoms with Gasteiger partial charge in [-0.25, -0.2) is 0 Å². The number of nitrogens with zero attached hydrogens (tertiary/aromatic N) is 1. The lowest BCUT2D eigenvalue weighted by Gasteiger charge is -2.58. The molecule has 0 unspecified atom stereocenters. The van der Waals surface area contributed by atoms with Crippen LogP contribution in [0, 0.1) is 18.3 Å². The van der Waals surface area contributed by atoms with Crippen LogP contribution in [-0.2, 0) is 9.59 Å². The molecule has 2 amide bonds. The van der Waals surface area contributed by atoms with Gasteiger partial charge in [-0.1, -0.05) is 11.6 Å². The van der Waals surface area contributed by atoms with E-state index in [0.717, 1.165) is 37.2 Å². The van der Waals surface area contributed by atoms with Crippen molar-refractivity contribution < 1.29 is 9.59 Å². The van der Waals surface area contributed by atoms with Gasteiger partial charge in [-0.05, 0) is 64.3 Å². The van der Waals surface area contributed by atoms with Crippen LogP contribution in [0.1, 0.15) is 39.2 Å². The Kier molecular flexibility index (Phi) is 5.06. The second-order valence-electron chi connectivity index (χ2n) is 8.97. The Labute approximate surface area is 160 Å². The van der Waals surface area contributed by atoms with Crippen LogP contribution in [0.5, 0.6) is 0 Å². The smallest absolute Gasteiger partial charge is 0.236 e. The van der Waals surface area contributed by atoms with E-state index in [1.807, 2.05) is 24.0 Å². The van der Waals surface area contributed by atoms with E-state index < -0.39 is 0 Å². The molecule has 0 radical (unpaired) electrons. The normalized spacial score (nSPS) is 19.0. The van der Waals surface area contributed by atoms with Gasteiger partial charge in [-0.3, -0.25) is 9.59 Å². The predicted molar refractivity (Wildman–Crippen MR) is 104 cm³/mol. The molecule has 26 heavy (non-hydrogen) atoms. The van der Waals surface area contributed by atoms with Gasteiger partial charge in [0.05, 0.1) is 6.54 Å². The topological polar surface area (TPSA) is 61.4 Å². The number of aryl methyl sites for hydroxylation is 1. The molecular formula is C20H28ClN3O2. The van der Waals surface area contributed by atoms with E-state index >= 15 is 0 Å². The fourth-order valence-corrected chi connectivity index (χ4v) is 4.16. The summed E-state index contributed by atoms with van der Waals surface area (Å²) in [5.41, 5.74) is 1.87. The molecule has 2 aliphatic rings. The van der Waals surface area contributed by atoms with Crippen LogP contribution >= 0.6 is 11.6 Å². The number of nitrogens with one attached hydrogen (secondary N) is 2. The molecule has 6 heteroatoms. The van der Waals surface area contributed by atoms with Crippen molar-refractivity contribution in [3.63, 3.8) is 0 Å². The van der Waals surface area contributed by atoms with E-state index in [0.29, 0.717) is 11.6 Å². The Morgan fingerprint density at radius 3 is 2.46 bits per heavy atom. The molecule has 1 saturated carbocycles. The van der Waals surface area contributed by atoms with Crippen molar-refractivity contribution >= 4 is 29.1 Å². The van der Waals surface area contributed by atoms with Crippen molar-refractivity contribution in [2.24, 2.45) is 11.3 Å². The first-order valence-corrected chi connectivity index (χ1v) is 9.54. The summed E-state index contributed by atoms with van der Waals surface area (Å²) in [6.07, 6.45) is 1.71. The van der Waals surface area contributed by atoms with Crippen molar-refractivity contribution in [2.75, 3.05) is 25.0 Å². The second-order valence-corrected chi connectivity index (χ2v) is 9.40. The number of benzene rings is 1. The Balaban J connectivity index is 1.43. The first-order valence-electron chi connectivity index (χ1n) is 9.16. The van der Waals surface area contributed by atoms with Crippen LogP contribution in [0.4, 0.5) is 5.69 Å². The molecule has 1 aliphatic heterocycles. The highest BCUT2D eigenvalue weighted by atomic mass is 35.5. The SMILES string of the molecule is Cc1cc(Cl)cc(NC(=O)C2CC3(C2)CN(C(=O)CNC(C)(C)C)C3)c1. The molecule has 0 aromatic heterocycles. The highest BCUT2D eigenvalue weighted by Gasteiger charge is 2.55. The molecule has 0 bridgehead atoms. The van der Waals surface area contributed by atoms with Crippen molar-refractivity contribution in [3.8, 4) is 0 Å².